The van der Waals surface area contributed by atoms with Gasteiger partial charge in [-0.25, -0.2) is 14.6 Å². The molecule has 1 heterocycles. The third kappa shape index (κ3) is 5.70. The van der Waals surface area contributed by atoms with Crippen molar-refractivity contribution in [3.63, 3.8) is 0 Å². The van der Waals surface area contributed by atoms with Gasteiger partial charge < -0.3 is 15.8 Å². The van der Waals surface area contributed by atoms with Gasteiger partial charge in [0.15, 0.2) is 17.5 Å². The molecule has 4 N–H and O–H groups in total. The van der Waals surface area contributed by atoms with Crippen molar-refractivity contribution in [1.29, 1.82) is 0 Å². The molecule has 0 unspecified atom stereocenters. The molecule has 8 nitrogen and oxygen atoms in total. The molecule has 0 aliphatic rings. The van der Waals surface area contributed by atoms with Gasteiger partial charge in [0.05, 0.1) is 10.7 Å². The fourth-order valence-electron chi connectivity index (χ4n) is 1.40. The lowest BCUT2D eigenvalue weighted by molar-refractivity contribution is -0.123. The number of nitrogens with one attached hydrogen (secondary N) is 2. The number of amides is 3. The first-order valence-corrected chi connectivity index (χ1v) is 7.65. The highest BCUT2D eigenvalue weighted by Gasteiger charge is 2.22. The molecule has 0 fully saturated rings. The van der Waals surface area contributed by atoms with Gasteiger partial charge in [-0.1, -0.05) is 34.8 Å². The van der Waals surface area contributed by atoms with Crippen LogP contribution in [0.4, 0.5) is 10.5 Å². The summed E-state index contributed by atoms with van der Waals surface area (Å²) in [6.45, 7) is 4.48. The number of aromatic nitrogens is 1. The number of carbonyl (C=O) groups is 3. The molecule has 0 spiro atoms. The normalized spacial score (nSPS) is 10.9. The quantitative estimate of drug-likeness (QED) is 0.531. The largest absolute Gasteiger partial charge is 0.451 e. The van der Waals surface area contributed by atoms with Crippen LogP contribution in [0.2, 0.25) is 15.2 Å². The smallest absolute Gasteiger partial charge is 0.359 e. The summed E-state index contributed by atoms with van der Waals surface area (Å²) in [5, 5.41) is 3.92. The lowest BCUT2D eigenvalue weighted by Crippen LogP contribution is -2.49. The third-order valence-corrected chi connectivity index (χ3v) is 3.48. The molecule has 11 heteroatoms. The zero-order chi connectivity index (χ0) is 18.7. The maximum Gasteiger partial charge on any atom is 0.359 e. The summed E-state index contributed by atoms with van der Waals surface area (Å²) in [6, 6.07) is -0.724. The summed E-state index contributed by atoms with van der Waals surface area (Å²) < 4.78 is 4.72. The molecule has 1 rings (SSSR count). The molecular formula is C13H15Cl3N4O4. The summed E-state index contributed by atoms with van der Waals surface area (Å²) in [5.41, 5.74) is 4.51. The number of urea groups is 1. The van der Waals surface area contributed by atoms with E-state index in [0.29, 0.717) is 0 Å². The number of esters is 1. The summed E-state index contributed by atoms with van der Waals surface area (Å²) in [5.74, 6) is -1.88. The molecule has 0 saturated heterocycles. The number of ether oxygens (including phenoxy) is 1. The van der Waals surface area contributed by atoms with Crippen LogP contribution in [0.3, 0.4) is 0 Å². The van der Waals surface area contributed by atoms with Crippen LogP contribution in [0.15, 0.2) is 0 Å². The van der Waals surface area contributed by atoms with E-state index in [4.69, 9.17) is 45.3 Å². The van der Waals surface area contributed by atoms with Gasteiger partial charge in [-0.15, -0.1) is 0 Å². The molecule has 24 heavy (non-hydrogen) atoms. The van der Waals surface area contributed by atoms with Crippen LogP contribution in [0.5, 0.6) is 0 Å². The highest BCUT2D eigenvalue weighted by Crippen LogP contribution is 2.34. The van der Waals surface area contributed by atoms with E-state index in [0.717, 1.165) is 0 Å². The average molecular weight is 398 g/mol. The summed E-state index contributed by atoms with van der Waals surface area (Å²) in [7, 11) is 0. The fraction of sp³-hybridized carbons (Fsp3) is 0.385. The first kappa shape index (κ1) is 20.3. The molecule has 0 aromatic carbocycles. The maximum absolute atomic E-state index is 11.9. The van der Waals surface area contributed by atoms with Gasteiger partial charge in [0.25, 0.3) is 5.91 Å². The Kier molecular flexibility index (Phi) is 6.65. The van der Waals surface area contributed by atoms with Crippen molar-refractivity contribution in [3.8, 4) is 0 Å². The number of rotatable bonds is 3. The van der Waals surface area contributed by atoms with E-state index in [1.807, 2.05) is 5.32 Å². The van der Waals surface area contributed by atoms with Crippen LogP contribution in [-0.4, -0.2) is 35.0 Å². The molecule has 0 radical (unpaired) electrons. The number of hydrogen-bond acceptors (Lipinski definition) is 6. The van der Waals surface area contributed by atoms with Gasteiger partial charge in [-0.05, 0) is 20.8 Å². The van der Waals surface area contributed by atoms with Gasteiger partial charge >= 0.3 is 12.0 Å². The lowest BCUT2D eigenvalue weighted by atomic mass is 10.1. The molecule has 1 aromatic heterocycles. The maximum atomic E-state index is 11.9. The Morgan fingerprint density at radius 2 is 1.75 bits per heavy atom. The van der Waals surface area contributed by atoms with Crippen molar-refractivity contribution >= 4 is 58.4 Å². The Morgan fingerprint density at radius 3 is 2.29 bits per heavy atom. The number of hydrogen-bond donors (Lipinski definition) is 3. The van der Waals surface area contributed by atoms with E-state index >= 15 is 0 Å². The monoisotopic (exact) mass is 396 g/mol. The zero-order valence-electron chi connectivity index (χ0n) is 13.0. The lowest BCUT2D eigenvalue weighted by Gasteiger charge is -2.20. The molecule has 0 bridgehead atoms. The predicted molar refractivity (Wildman–Crippen MR) is 90.4 cm³/mol. The van der Waals surface area contributed by atoms with Crippen molar-refractivity contribution in [2.24, 2.45) is 0 Å². The Bertz CT molecular complexity index is 689. The van der Waals surface area contributed by atoms with Gasteiger partial charge in [-0.2, -0.15) is 0 Å². The highest BCUT2D eigenvalue weighted by molar-refractivity contribution is 6.46. The minimum atomic E-state index is -1.04. The second-order valence-electron chi connectivity index (χ2n) is 5.62. The molecular weight excluding hydrogens is 383 g/mol. The van der Waals surface area contributed by atoms with E-state index in [9.17, 15) is 14.4 Å². The molecule has 132 valence electrons. The van der Waals surface area contributed by atoms with Gasteiger partial charge in [0, 0.05) is 5.54 Å². The number of halogens is 3. The Balaban J connectivity index is 2.67. The standard InChI is InChI=1S/C13H15Cl3N4O4/c1-13(2,3)20-12(23)18-5(21)4-24-11(22)9-6(14)8(17)7(15)10(16)19-9/h4H2,1-3H3,(H2,17,19)(H2,18,20,21,23). The number of pyridine rings is 1. The van der Waals surface area contributed by atoms with Crippen LogP contribution >= 0.6 is 34.8 Å². The van der Waals surface area contributed by atoms with Crippen LogP contribution in [-0.2, 0) is 9.53 Å². The minimum Gasteiger partial charge on any atom is -0.451 e. The highest BCUT2D eigenvalue weighted by atomic mass is 35.5. The zero-order valence-corrected chi connectivity index (χ0v) is 15.3. The van der Waals surface area contributed by atoms with Gasteiger partial charge in [0.2, 0.25) is 0 Å². The van der Waals surface area contributed by atoms with Crippen LogP contribution in [0, 0.1) is 0 Å². The summed E-state index contributed by atoms with van der Waals surface area (Å²) in [6.07, 6.45) is 0. The molecule has 0 aliphatic heterocycles. The Morgan fingerprint density at radius 1 is 1.17 bits per heavy atom. The first-order chi connectivity index (χ1) is 10.9. The number of carbonyl (C=O) groups excluding carboxylic acids is 3. The first-order valence-electron chi connectivity index (χ1n) is 6.51. The third-order valence-electron chi connectivity index (χ3n) is 2.34. The van der Waals surface area contributed by atoms with Gasteiger partial charge in [-0.3, -0.25) is 10.1 Å². The number of imide groups is 1. The topological polar surface area (TPSA) is 123 Å². The van der Waals surface area contributed by atoms with Crippen molar-refractivity contribution in [2.45, 2.75) is 26.3 Å². The molecule has 0 aliphatic carbocycles. The molecule has 0 atom stereocenters. The Labute approximate surface area is 153 Å². The van der Waals surface area contributed by atoms with E-state index < -0.39 is 35.7 Å². The van der Waals surface area contributed by atoms with Crippen molar-refractivity contribution < 1.29 is 19.1 Å². The van der Waals surface area contributed by atoms with Gasteiger partial charge in [0.1, 0.15) is 5.02 Å². The summed E-state index contributed by atoms with van der Waals surface area (Å²) >= 11 is 17.3. The number of nitrogen functional groups attached to an aromatic ring is 1. The summed E-state index contributed by atoms with van der Waals surface area (Å²) in [4.78, 5) is 38.6. The second kappa shape index (κ2) is 7.87. The predicted octanol–water partition coefficient (Wildman–Crippen LogP) is 2.41. The fourth-order valence-corrected chi connectivity index (χ4v) is 1.99. The number of nitrogens with two attached hydrogens (primary N) is 1. The number of nitrogens with zero attached hydrogens (tertiary/aromatic N) is 1. The van der Waals surface area contributed by atoms with E-state index in [1.165, 1.54) is 0 Å². The van der Waals surface area contributed by atoms with E-state index in [2.05, 4.69) is 10.3 Å². The molecule has 0 saturated carbocycles. The van der Waals surface area contributed by atoms with Crippen molar-refractivity contribution in [3.05, 3.63) is 20.9 Å². The van der Waals surface area contributed by atoms with E-state index in [1.54, 1.807) is 20.8 Å². The van der Waals surface area contributed by atoms with Crippen LogP contribution in [0.1, 0.15) is 31.3 Å². The van der Waals surface area contributed by atoms with Crippen molar-refractivity contribution in [1.82, 2.24) is 15.6 Å². The SMILES string of the molecule is CC(C)(C)NC(=O)NC(=O)COC(=O)c1nc(Cl)c(Cl)c(N)c1Cl. The molecule has 1 aromatic rings. The Hall–Kier alpha value is -1.77. The van der Waals surface area contributed by atoms with Crippen LogP contribution < -0.4 is 16.4 Å². The number of anilines is 1. The second-order valence-corrected chi connectivity index (χ2v) is 6.74. The van der Waals surface area contributed by atoms with E-state index in [-0.39, 0.29) is 20.9 Å². The molecule has 3 amide bonds. The van der Waals surface area contributed by atoms with Crippen LogP contribution in [0.25, 0.3) is 0 Å². The minimum absolute atomic E-state index is 0.102. The van der Waals surface area contributed by atoms with Crippen molar-refractivity contribution in [2.75, 3.05) is 12.3 Å². The average Bonchev–Trinajstić information content (AvgIpc) is 2.44.